The van der Waals surface area contributed by atoms with Crippen LogP contribution < -0.4 is 14.8 Å². The molecule has 2 aromatic rings. The van der Waals surface area contributed by atoms with Crippen LogP contribution in [0, 0.1) is 0 Å². The number of fused-ring (bicyclic) bond motifs is 3. The summed E-state index contributed by atoms with van der Waals surface area (Å²) >= 11 is 0. The molecule has 24 heavy (non-hydrogen) atoms. The Morgan fingerprint density at radius 2 is 1.92 bits per heavy atom. The minimum atomic E-state index is -0.663. The molecular formula is C20H25NO3. The number of methoxy groups -OCH3 is 1. The molecule has 1 aliphatic heterocycles. The average Bonchev–Trinajstić information content (AvgIpc) is 2.57. The van der Waals surface area contributed by atoms with Gasteiger partial charge in [-0.1, -0.05) is 24.3 Å². The number of hydrogen-bond donors (Lipinski definition) is 2. The van der Waals surface area contributed by atoms with Crippen molar-refractivity contribution in [3.63, 3.8) is 0 Å². The fraction of sp³-hybridized carbons (Fsp3) is 0.400. The number of hydrogen-bond acceptors (Lipinski definition) is 4. The number of rotatable bonds is 4. The normalized spacial score (nSPS) is 17.5. The Bertz CT molecular complexity index is 721. The summed E-state index contributed by atoms with van der Waals surface area (Å²) in [4.78, 5) is 0. The van der Waals surface area contributed by atoms with E-state index in [0.717, 1.165) is 28.2 Å². The molecule has 2 aromatic carbocycles. The molecule has 1 heterocycles. The molecule has 0 spiro atoms. The molecule has 4 nitrogen and oxygen atoms in total. The molecule has 0 aromatic heterocycles. The van der Waals surface area contributed by atoms with Crippen LogP contribution in [-0.4, -0.2) is 30.4 Å². The molecule has 2 unspecified atom stereocenters. The van der Waals surface area contributed by atoms with Crippen molar-refractivity contribution >= 4 is 0 Å². The van der Waals surface area contributed by atoms with Gasteiger partial charge in [-0.3, -0.25) is 0 Å². The second-order valence-electron chi connectivity index (χ2n) is 7.19. The highest BCUT2D eigenvalue weighted by Crippen LogP contribution is 2.44. The summed E-state index contributed by atoms with van der Waals surface area (Å²) < 4.78 is 11.5. The van der Waals surface area contributed by atoms with Crippen molar-refractivity contribution in [1.82, 2.24) is 5.32 Å². The van der Waals surface area contributed by atoms with Gasteiger partial charge < -0.3 is 19.9 Å². The number of para-hydroxylation sites is 1. The van der Waals surface area contributed by atoms with E-state index < -0.39 is 12.2 Å². The zero-order valence-corrected chi connectivity index (χ0v) is 14.7. The summed E-state index contributed by atoms with van der Waals surface area (Å²) in [5, 5.41) is 14.1. The van der Waals surface area contributed by atoms with E-state index in [9.17, 15) is 5.11 Å². The number of nitrogens with one attached hydrogen (secondary N) is 1. The van der Waals surface area contributed by atoms with Crippen LogP contribution in [0.3, 0.4) is 0 Å². The van der Waals surface area contributed by atoms with Gasteiger partial charge in [0.25, 0.3) is 0 Å². The van der Waals surface area contributed by atoms with Crippen LogP contribution in [0.15, 0.2) is 42.5 Å². The van der Waals surface area contributed by atoms with E-state index in [-0.39, 0.29) is 5.54 Å². The quantitative estimate of drug-likeness (QED) is 0.902. The van der Waals surface area contributed by atoms with E-state index in [2.05, 4.69) is 26.1 Å². The number of aliphatic hydroxyl groups is 1. The van der Waals surface area contributed by atoms with Crippen molar-refractivity contribution in [3.8, 4) is 22.6 Å². The lowest BCUT2D eigenvalue weighted by Gasteiger charge is -2.33. The maximum absolute atomic E-state index is 10.7. The van der Waals surface area contributed by atoms with Gasteiger partial charge in [-0.25, -0.2) is 0 Å². The van der Waals surface area contributed by atoms with E-state index in [1.54, 1.807) is 7.11 Å². The molecule has 0 saturated carbocycles. The lowest BCUT2D eigenvalue weighted by Crippen LogP contribution is -2.43. The predicted octanol–water partition coefficient (Wildman–Crippen LogP) is 3.54. The third-order valence-corrected chi connectivity index (χ3v) is 4.19. The smallest absolute Gasteiger partial charge is 0.151 e. The molecule has 0 amide bonds. The Hall–Kier alpha value is -2.04. The van der Waals surface area contributed by atoms with Crippen LogP contribution in [-0.2, 0) is 0 Å². The third kappa shape index (κ3) is 3.40. The van der Waals surface area contributed by atoms with Gasteiger partial charge in [-0.2, -0.15) is 0 Å². The average molecular weight is 327 g/mol. The standard InChI is InChI=1S/C20H25NO3/c1-20(2,3)21-12-17(22)19-16-11-13(23-4)9-10-14(16)15-7-5-6-8-18(15)24-19/h5-11,17,19,21-22H,12H2,1-4H3. The number of aliphatic hydroxyl groups excluding tert-OH is 1. The first-order valence-electron chi connectivity index (χ1n) is 8.26. The second kappa shape index (κ2) is 6.46. The Morgan fingerprint density at radius 3 is 2.62 bits per heavy atom. The Kier molecular flexibility index (Phi) is 4.52. The van der Waals surface area contributed by atoms with Crippen LogP contribution in [0.25, 0.3) is 11.1 Å². The summed E-state index contributed by atoms with van der Waals surface area (Å²) in [5.41, 5.74) is 3.02. The summed E-state index contributed by atoms with van der Waals surface area (Å²) in [6.07, 6.45) is -1.09. The molecule has 0 fully saturated rings. The van der Waals surface area contributed by atoms with E-state index in [4.69, 9.17) is 9.47 Å². The maximum atomic E-state index is 10.7. The lowest BCUT2D eigenvalue weighted by molar-refractivity contribution is 0.0304. The summed E-state index contributed by atoms with van der Waals surface area (Å²) in [5.74, 6) is 1.56. The monoisotopic (exact) mass is 327 g/mol. The second-order valence-corrected chi connectivity index (χ2v) is 7.19. The molecule has 0 aliphatic carbocycles. The van der Waals surface area contributed by atoms with Crippen molar-refractivity contribution < 1.29 is 14.6 Å². The molecule has 128 valence electrons. The first-order chi connectivity index (χ1) is 11.4. The van der Waals surface area contributed by atoms with Crippen LogP contribution in [0.1, 0.15) is 32.4 Å². The molecule has 1 aliphatic rings. The summed E-state index contributed by atoms with van der Waals surface area (Å²) in [7, 11) is 1.64. The minimum Gasteiger partial charge on any atom is -0.497 e. The SMILES string of the molecule is COc1ccc2c(c1)C(C(O)CNC(C)(C)C)Oc1ccccc1-2. The first kappa shape index (κ1) is 16.8. The largest absolute Gasteiger partial charge is 0.497 e. The van der Waals surface area contributed by atoms with Gasteiger partial charge in [-0.15, -0.1) is 0 Å². The topological polar surface area (TPSA) is 50.7 Å². The van der Waals surface area contributed by atoms with Crippen LogP contribution in [0.2, 0.25) is 0 Å². The Balaban J connectivity index is 1.97. The highest BCUT2D eigenvalue weighted by molar-refractivity contribution is 5.76. The van der Waals surface area contributed by atoms with Gasteiger partial charge in [0.1, 0.15) is 17.6 Å². The van der Waals surface area contributed by atoms with Crippen molar-refractivity contribution in [2.24, 2.45) is 0 Å². The number of ether oxygens (including phenoxy) is 2. The van der Waals surface area contributed by atoms with Gasteiger partial charge in [0.15, 0.2) is 6.10 Å². The fourth-order valence-corrected chi connectivity index (χ4v) is 2.94. The van der Waals surface area contributed by atoms with Crippen LogP contribution in [0.5, 0.6) is 11.5 Å². The van der Waals surface area contributed by atoms with Gasteiger partial charge in [-0.05, 0) is 44.5 Å². The predicted molar refractivity (Wildman–Crippen MR) is 95.6 cm³/mol. The van der Waals surface area contributed by atoms with Crippen molar-refractivity contribution in [2.45, 2.75) is 38.5 Å². The number of β-amino-alcohol motifs (C(OH)–C–C–N with tert-alkyl or cyclic N) is 1. The van der Waals surface area contributed by atoms with Gasteiger partial charge in [0, 0.05) is 23.2 Å². The molecule has 3 rings (SSSR count). The maximum Gasteiger partial charge on any atom is 0.151 e. The number of benzene rings is 2. The Morgan fingerprint density at radius 1 is 1.17 bits per heavy atom. The van der Waals surface area contributed by atoms with Crippen molar-refractivity contribution in [2.75, 3.05) is 13.7 Å². The van der Waals surface area contributed by atoms with Gasteiger partial charge in [0.2, 0.25) is 0 Å². The molecule has 4 heteroatoms. The van der Waals surface area contributed by atoms with E-state index in [0.29, 0.717) is 6.54 Å². The zero-order chi connectivity index (χ0) is 17.3. The highest BCUT2D eigenvalue weighted by Gasteiger charge is 2.32. The Labute approximate surface area is 143 Å². The zero-order valence-electron chi connectivity index (χ0n) is 14.7. The van der Waals surface area contributed by atoms with E-state index in [1.807, 2.05) is 42.5 Å². The van der Waals surface area contributed by atoms with Gasteiger partial charge in [0.05, 0.1) is 7.11 Å². The molecule has 0 bridgehead atoms. The molecule has 0 saturated heterocycles. The molecule has 2 atom stereocenters. The fourth-order valence-electron chi connectivity index (χ4n) is 2.94. The minimum absolute atomic E-state index is 0.0647. The van der Waals surface area contributed by atoms with E-state index in [1.165, 1.54) is 0 Å². The lowest BCUT2D eigenvalue weighted by atomic mass is 9.90. The van der Waals surface area contributed by atoms with Crippen LogP contribution >= 0.6 is 0 Å². The summed E-state index contributed by atoms with van der Waals surface area (Å²) in [6.45, 7) is 6.68. The third-order valence-electron chi connectivity index (χ3n) is 4.19. The highest BCUT2D eigenvalue weighted by atomic mass is 16.5. The molecule has 2 N–H and O–H groups in total. The molecular weight excluding hydrogens is 302 g/mol. The van der Waals surface area contributed by atoms with Gasteiger partial charge >= 0.3 is 0 Å². The first-order valence-corrected chi connectivity index (χ1v) is 8.26. The van der Waals surface area contributed by atoms with Crippen molar-refractivity contribution in [1.29, 1.82) is 0 Å². The van der Waals surface area contributed by atoms with E-state index >= 15 is 0 Å². The van der Waals surface area contributed by atoms with Crippen LogP contribution in [0.4, 0.5) is 0 Å². The summed E-state index contributed by atoms with van der Waals surface area (Å²) in [6, 6.07) is 13.9. The molecule has 0 radical (unpaired) electrons. The van der Waals surface area contributed by atoms with Crippen molar-refractivity contribution in [3.05, 3.63) is 48.0 Å².